The zero-order chi connectivity index (χ0) is 33.0. The summed E-state index contributed by atoms with van der Waals surface area (Å²) in [4.78, 5) is 60.2. The highest BCUT2D eigenvalue weighted by Gasteiger charge is 2.38. The second-order valence-corrected chi connectivity index (χ2v) is 8.76. The molecule has 2 aromatic rings. The summed E-state index contributed by atoms with van der Waals surface area (Å²) < 4.78 is 48.9. The van der Waals surface area contributed by atoms with Crippen LogP contribution >= 0.6 is 0 Å². The molecule has 238 valence electrons. The van der Waals surface area contributed by atoms with Crippen LogP contribution in [-0.2, 0) is 25.6 Å². The number of hydrogen-bond donors (Lipinski definition) is 6. The highest BCUT2D eigenvalue weighted by atomic mass is 19.4. The van der Waals surface area contributed by atoms with Crippen molar-refractivity contribution in [2.75, 3.05) is 13.2 Å². The predicted molar refractivity (Wildman–Crippen MR) is 143 cm³/mol. The van der Waals surface area contributed by atoms with Gasteiger partial charge in [0.15, 0.2) is 17.5 Å². The summed E-state index contributed by atoms with van der Waals surface area (Å²) in [5, 5.41) is 27.3. The minimum atomic E-state index is -5.08. The normalized spacial score (nSPS) is 13.3. The minimum Gasteiger partial charge on any atom is -0.492 e. The average molecular weight is 629 g/mol. The van der Waals surface area contributed by atoms with E-state index in [0.717, 1.165) is 0 Å². The topological polar surface area (TPSA) is 250 Å². The third-order valence-electron chi connectivity index (χ3n) is 5.38. The summed E-state index contributed by atoms with van der Waals surface area (Å²) in [5.74, 6) is -6.47. The number of aliphatic imine (C=N–C) groups is 1. The number of carbonyl (C=O) groups excluding carboxylic acids is 2. The van der Waals surface area contributed by atoms with E-state index in [1.807, 2.05) is 0 Å². The van der Waals surface area contributed by atoms with Crippen molar-refractivity contribution in [1.82, 2.24) is 5.32 Å². The molecule has 0 radical (unpaired) electrons. The van der Waals surface area contributed by atoms with Gasteiger partial charge in [-0.1, -0.05) is 12.1 Å². The van der Waals surface area contributed by atoms with Gasteiger partial charge < -0.3 is 46.3 Å². The van der Waals surface area contributed by atoms with Crippen LogP contribution in [0.15, 0.2) is 41.4 Å². The quantitative estimate of drug-likeness (QED) is 0.105. The van der Waals surface area contributed by atoms with Crippen molar-refractivity contribution in [2.45, 2.75) is 37.9 Å². The average Bonchev–Trinajstić information content (AvgIpc) is 2.94. The molecule has 1 heterocycles. The first kappa shape index (κ1) is 34.7. The minimum absolute atomic E-state index is 0.112. The lowest BCUT2D eigenvalue weighted by Gasteiger charge is -2.16. The number of alkyl halides is 3. The number of aryl methyl sites for hydroxylation is 1. The van der Waals surface area contributed by atoms with Gasteiger partial charge in [-0.05, 0) is 30.2 Å². The fourth-order valence-electron chi connectivity index (χ4n) is 3.48. The van der Waals surface area contributed by atoms with Gasteiger partial charge in [0, 0.05) is 18.9 Å². The number of rotatable bonds is 8. The molecule has 0 saturated carbocycles. The van der Waals surface area contributed by atoms with Gasteiger partial charge in [0.25, 0.3) is 0 Å². The molecule has 44 heavy (non-hydrogen) atoms. The second kappa shape index (κ2) is 15.6. The summed E-state index contributed by atoms with van der Waals surface area (Å²) in [6, 6.07) is 7.80. The number of guanidine groups is 1. The fourth-order valence-corrected chi connectivity index (χ4v) is 3.48. The van der Waals surface area contributed by atoms with E-state index in [-0.39, 0.29) is 54.8 Å². The van der Waals surface area contributed by atoms with Gasteiger partial charge in [0.2, 0.25) is 5.91 Å². The number of benzene rings is 2. The molecule has 3 rings (SSSR count). The molecule has 0 saturated heterocycles. The van der Waals surface area contributed by atoms with Crippen molar-refractivity contribution in [3.8, 4) is 17.2 Å². The summed E-state index contributed by atoms with van der Waals surface area (Å²) in [6.45, 7) is 0.419. The van der Waals surface area contributed by atoms with Crippen LogP contribution < -0.4 is 31.0 Å². The number of nitrogens with one attached hydrogen (secondary N) is 1. The Hall–Kier alpha value is -5.55. The van der Waals surface area contributed by atoms with Crippen molar-refractivity contribution in [3.05, 3.63) is 47.5 Å². The predicted octanol–water partition coefficient (Wildman–Crippen LogP) is 1.58. The van der Waals surface area contributed by atoms with E-state index in [0.29, 0.717) is 17.7 Å². The van der Waals surface area contributed by atoms with E-state index < -0.39 is 48.4 Å². The largest absolute Gasteiger partial charge is 0.492 e. The Kier molecular flexibility index (Phi) is 12.3. The molecule has 0 bridgehead atoms. The number of nitrogens with two attached hydrogens (primary N) is 2. The molecule has 0 spiro atoms. The molecule has 1 amide bonds. The lowest BCUT2D eigenvalue weighted by Crippen LogP contribution is -2.42. The summed E-state index contributed by atoms with van der Waals surface area (Å²) in [7, 11) is 0. The maximum Gasteiger partial charge on any atom is 0.490 e. The van der Waals surface area contributed by atoms with Crippen LogP contribution in [0, 0.1) is 0 Å². The maximum atomic E-state index is 13.0. The molecule has 1 aliphatic heterocycles. The van der Waals surface area contributed by atoms with E-state index in [1.54, 1.807) is 12.1 Å². The first-order valence-electron chi connectivity index (χ1n) is 12.5. The van der Waals surface area contributed by atoms with Crippen molar-refractivity contribution in [3.63, 3.8) is 0 Å². The highest BCUT2D eigenvalue weighted by Crippen LogP contribution is 2.35. The number of carbonyl (C=O) groups is 5. The molecular weight excluding hydrogens is 601 g/mol. The van der Waals surface area contributed by atoms with Crippen LogP contribution in [0.25, 0.3) is 0 Å². The van der Waals surface area contributed by atoms with E-state index in [4.69, 9.17) is 45.8 Å². The molecular formula is C26H27F3N4O11. The number of para-hydroxylation sites is 1. The van der Waals surface area contributed by atoms with Gasteiger partial charge in [-0.2, -0.15) is 13.2 Å². The fraction of sp³-hybridized carbons (Fsp3) is 0.308. The van der Waals surface area contributed by atoms with Crippen LogP contribution in [0.5, 0.6) is 17.2 Å². The van der Waals surface area contributed by atoms with Gasteiger partial charge in [0.05, 0.1) is 25.3 Å². The van der Waals surface area contributed by atoms with E-state index in [2.05, 4.69) is 10.3 Å². The number of hydrogen-bond acceptors (Lipinski definition) is 9. The third kappa shape index (κ3) is 11.0. The Balaban J connectivity index is 0.000000860. The van der Waals surface area contributed by atoms with Crippen LogP contribution in [0.4, 0.5) is 18.9 Å². The molecule has 1 unspecified atom stereocenters. The SMILES string of the molecule is NC(N)=Nc1ccc2c(c1)OCCCOc1c(CCC(=O)NC(CC(=O)O)C(=O)O)cccc1OC2=O.O=C(O)C(F)(F)F. The summed E-state index contributed by atoms with van der Waals surface area (Å²) >= 11 is 0. The Morgan fingerprint density at radius 2 is 1.66 bits per heavy atom. The summed E-state index contributed by atoms with van der Waals surface area (Å²) in [6.07, 6.45) is -5.43. The number of carboxylic acid groups (broad SMARTS) is 3. The number of nitrogens with zero attached hydrogens (tertiary/aromatic N) is 1. The molecule has 1 atom stereocenters. The van der Waals surface area contributed by atoms with Crippen molar-refractivity contribution in [2.24, 2.45) is 16.5 Å². The van der Waals surface area contributed by atoms with Crippen molar-refractivity contribution in [1.29, 1.82) is 0 Å². The molecule has 0 fully saturated rings. The summed E-state index contributed by atoms with van der Waals surface area (Å²) in [5.41, 5.74) is 11.9. The lowest BCUT2D eigenvalue weighted by molar-refractivity contribution is -0.192. The first-order valence-corrected chi connectivity index (χ1v) is 12.5. The first-order chi connectivity index (χ1) is 20.6. The Bertz CT molecular complexity index is 1430. The lowest BCUT2D eigenvalue weighted by atomic mass is 10.1. The standard InChI is InChI=1S/C24H26N4O9.C2HF3O2/c25-24(26)27-14-6-7-15-18(11-14)35-9-2-10-36-21-13(3-1-4-17(21)37-23(15)34)5-8-19(29)28-16(22(32)33)12-20(30)31;3-2(4,5)1(6)7/h1,3-4,6-7,11,16H,2,5,8-10,12H2,(H,28,29)(H,30,31)(H,32,33)(H4,25,26,27);(H,6,7). The monoisotopic (exact) mass is 628 g/mol. The van der Waals surface area contributed by atoms with Crippen LogP contribution in [-0.4, -0.2) is 76.5 Å². The molecule has 8 N–H and O–H groups in total. The van der Waals surface area contributed by atoms with E-state index in [1.165, 1.54) is 24.3 Å². The van der Waals surface area contributed by atoms with Crippen molar-refractivity contribution < 1.29 is 66.7 Å². The Morgan fingerprint density at radius 3 is 2.25 bits per heavy atom. The zero-order valence-electron chi connectivity index (χ0n) is 22.6. The van der Waals surface area contributed by atoms with E-state index in [9.17, 15) is 32.3 Å². The number of halogens is 3. The van der Waals surface area contributed by atoms with Gasteiger partial charge in [-0.25, -0.2) is 19.4 Å². The number of aliphatic carboxylic acids is 3. The van der Waals surface area contributed by atoms with Gasteiger partial charge in [-0.15, -0.1) is 0 Å². The van der Waals surface area contributed by atoms with Crippen molar-refractivity contribution >= 4 is 41.4 Å². The highest BCUT2D eigenvalue weighted by molar-refractivity contribution is 5.95. The second-order valence-electron chi connectivity index (χ2n) is 8.76. The molecule has 15 nitrogen and oxygen atoms in total. The smallest absolute Gasteiger partial charge is 0.490 e. The number of carboxylic acids is 3. The van der Waals surface area contributed by atoms with Crippen LogP contribution in [0.2, 0.25) is 0 Å². The molecule has 0 aromatic heterocycles. The third-order valence-corrected chi connectivity index (χ3v) is 5.38. The van der Waals surface area contributed by atoms with Crippen LogP contribution in [0.1, 0.15) is 35.2 Å². The molecule has 1 aliphatic rings. The Morgan fingerprint density at radius 1 is 1.00 bits per heavy atom. The zero-order valence-corrected chi connectivity index (χ0v) is 22.6. The molecule has 18 heteroatoms. The number of esters is 1. The number of fused-ring (bicyclic) bond motifs is 2. The van der Waals surface area contributed by atoms with Gasteiger partial charge >= 0.3 is 30.1 Å². The van der Waals surface area contributed by atoms with E-state index >= 15 is 0 Å². The van der Waals surface area contributed by atoms with Gasteiger partial charge in [0.1, 0.15) is 17.4 Å². The number of amides is 1. The maximum absolute atomic E-state index is 13.0. The van der Waals surface area contributed by atoms with Gasteiger partial charge in [-0.3, -0.25) is 9.59 Å². The molecule has 2 aromatic carbocycles. The molecule has 0 aliphatic carbocycles. The number of ether oxygens (including phenoxy) is 3. The Labute approximate surface area is 246 Å². The van der Waals surface area contributed by atoms with Crippen LogP contribution in [0.3, 0.4) is 0 Å².